The Morgan fingerprint density at radius 3 is 2.76 bits per heavy atom. The van der Waals surface area contributed by atoms with Gasteiger partial charge in [-0.1, -0.05) is 38.1 Å². The minimum Gasteiger partial charge on any atom is -0.508 e. The molecule has 0 fully saturated rings. The van der Waals surface area contributed by atoms with E-state index in [-0.39, 0.29) is 11.2 Å². The molecule has 0 radical (unpaired) electrons. The van der Waals surface area contributed by atoms with E-state index in [1.54, 1.807) is 18.2 Å². The summed E-state index contributed by atoms with van der Waals surface area (Å²) in [5.74, 6) is 1.33. The molecule has 17 heavy (non-hydrogen) atoms. The van der Waals surface area contributed by atoms with Crippen molar-refractivity contribution in [2.75, 3.05) is 0 Å². The van der Waals surface area contributed by atoms with E-state index in [9.17, 15) is 5.11 Å². The molecule has 0 saturated carbocycles. The van der Waals surface area contributed by atoms with Crippen molar-refractivity contribution in [1.29, 1.82) is 0 Å². The van der Waals surface area contributed by atoms with Crippen molar-refractivity contribution >= 4 is 0 Å². The lowest BCUT2D eigenvalue weighted by Gasteiger charge is -2.15. The van der Waals surface area contributed by atoms with Gasteiger partial charge >= 0.3 is 0 Å². The zero-order chi connectivity index (χ0) is 12.5. The van der Waals surface area contributed by atoms with Gasteiger partial charge in [0, 0.05) is 11.0 Å². The van der Waals surface area contributed by atoms with E-state index < -0.39 is 0 Å². The monoisotopic (exact) mass is 232 g/mol. The molecule has 0 atom stereocenters. The lowest BCUT2D eigenvalue weighted by Crippen LogP contribution is -2.15. The maximum atomic E-state index is 9.40. The predicted molar refractivity (Wildman–Crippen MR) is 64.7 cm³/mol. The molecule has 1 heterocycles. The maximum absolute atomic E-state index is 9.40. The summed E-state index contributed by atoms with van der Waals surface area (Å²) >= 11 is 0. The summed E-state index contributed by atoms with van der Waals surface area (Å²) in [6.07, 6.45) is 0.925. The lowest BCUT2D eigenvalue weighted by atomic mass is 9.90. The average molecular weight is 232 g/mol. The fraction of sp³-hybridized carbons (Fsp3) is 0.385. The molecule has 1 aromatic carbocycles. The molecule has 0 amide bonds. The van der Waals surface area contributed by atoms with Gasteiger partial charge in [-0.2, -0.15) is 4.98 Å². The summed E-state index contributed by atoms with van der Waals surface area (Å²) < 4.78 is 5.27. The predicted octanol–water partition coefficient (Wildman–Crippen LogP) is 3.13. The van der Waals surface area contributed by atoms with Crippen molar-refractivity contribution in [2.24, 2.45) is 0 Å². The first-order valence-corrected chi connectivity index (χ1v) is 5.66. The molecule has 0 saturated heterocycles. The third-order valence-corrected chi connectivity index (χ3v) is 2.99. The highest BCUT2D eigenvalue weighted by Gasteiger charge is 2.25. The number of rotatable bonds is 3. The average Bonchev–Trinajstić information content (AvgIpc) is 2.79. The van der Waals surface area contributed by atoms with Gasteiger partial charge in [0.25, 0.3) is 0 Å². The van der Waals surface area contributed by atoms with Crippen molar-refractivity contribution in [3.8, 4) is 17.1 Å². The molecular weight excluding hydrogens is 216 g/mol. The summed E-state index contributed by atoms with van der Waals surface area (Å²) in [6.45, 7) is 6.21. The van der Waals surface area contributed by atoms with E-state index >= 15 is 0 Å². The Morgan fingerprint density at radius 2 is 2.12 bits per heavy atom. The van der Waals surface area contributed by atoms with Crippen LogP contribution in [0.25, 0.3) is 11.4 Å². The van der Waals surface area contributed by atoms with Gasteiger partial charge in [-0.15, -0.1) is 0 Å². The summed E-state index contributed by atoms with van der Waals surface area (Å²) in [5.41, 5.74) is 0.633. The van der Waals surface area contributed by atoms with E-state index in [2.05, 4.69) is 30.9 Å². The second-order valence-corrected chi connectivity index (χ2v) is 4.71. The van der Waals surface area contributed by atoms with Gasteiger partial charge in [0.2, 0.25) is 11.7 Å². The van der Waals surface area contributed by atoms with Gasteiger partial charge in [0.15, 0.2) is 0 Å². The van der Waals surface area contributed by atoms with Crippen molar-refractivity contribution in [3.05, 3.63) is 30.2 Å². The smallest absolute Gasteiger partial charge is 0.232 e. The zero-order valence-electron chi connectivity index (χ0n) is 10.3. The van der Waals surface area contributed by atoms with Crippen LogP contribution in [0.4, 0.5) is 0 Å². The molecule has 0 aliphatic rings. The molecule has 2 aromatic rings. The first kappa shape index (κ1) is 11.6. The van der Waals surface area contributed by atoms with Gasteiger partial charge in [0.1, 0.15) is 5.75 Å². The van der Waals surface area contributed by atoms with Crippen LogP contribution in [0.2, 0.25) is 0 Å². The zero-order valence-corrected chi connectivity index (χ0v) is 10.3. The van der Waals surface area contributed by atoms with E-state index in [0.717, 1.165) is 12.0 Å². The third kappa shape index (κ3) is 2.30. The molecule has 1 N–H and O–H groups in total. The minimum atomic E-state index is -0.123. The normalized spacial score (nSPS) is 11.7. The van der Waals surface area contributed by atoms with Crippen molar-refractivity contribution in [3.63, 3.8) is 0 Å². The van der Waals surface area contributed by atoms with Gasteiger partial charge in [-0.25, -0.2) is 0 Å². The van der Waals surface area contributed by atoms with Gasteiger partial charge in [-0.3, -0.25) is 0 Å². The Bertz CT molecular complexity index is 518. The van der Waals surface area contributed by atoms with Crippen molar-refractivity contribution in [2.45, 2.75) is 32.6 Å². The molecule has 0 aliphatic carbocycles. The molecule has 0 unspecified atom stereocenters. The summed E-state index contributed by atoms with van der Waals surface area (Å²) in [6, 6.07) is 6.83. The second-order valence-electron chi connectivity index (χ2n) is 4.71. The number of benzene rings is 1. The highest BCUT2D eigenvalue weighted by Crippen LogP contribution is 2.27. The van der Waals surface area contributed by atoms with Crippen LogP contribution in [0.15, 0.2) is 28.8 Å². The third-order valence-electron chi connectivity index (χ3n) is 2.99. The van der Waals surface area contributed by atoms with Crippen LogP contribution in [0.5, 0.6) is 5.75 Å². The number of phenols is 1. The van der Waals surface area contributed by atoms with E-state index in [1.807, 2.05) is 6.07 Å². The SMILES string of the molecule is CCC(C)(C)c1nc(-c2cccc(O)c2)no1. The minimum absolute atomic E-state index is 0.123. The summed E-state index contributed by atoms with van der Waals surface area (Å²) in [4.78, 5) is 4.38. The molecule has 4 nitrogen and oxygen atoms in total. The lowest BCUT2D eigenvalue weighted by molar-refractivity contribution is 0.302. The molecule has 2 rings (SSSR count). The first-order chi connectivity index (χ1) is 8.03. The van der Waals surface area contributed by atoms with Gasteiger partial charge in [-0.05, 0) is 18.6 Å². The number of hydrogen-bond acceptors (Lipinski definition) is 4. The molecule has 4 heteroatoms. The van der Waals surface area contributed by atoms with E-state index in [4.69, 9.17) is 4.52 Å². The summed E-state index contributed by atoms with van der Waals surface area (Å²) in [5, 5.41) is 13.3. The fourth-order valence-corrected chi connectivity index (χ4v) is 1.41. The topological polar surface area (TPSA) is 59.2 Å². The van der Waals surface area contributed by atoms with Crippen molar-refractivity contribution < 1.29 is 9.63 Å². The molecule has 0 spiro atoms. The van der Waals surface area contributed by atoms with E-state index in [1.165, 1.54) is 0 Å². The highest BCUT2D eigenvalue weighted by atomic mass is 16.5. The maximum Gasteiger partial charge on any atom is 0.232 e. The molecule has 1 aromatic heterocycles. The number of phenolic OH excluding ortho intramolecular Hbond substituents is 1. The molecule has 0 bridgehead atoms. The highest BCUT2D eigenvalue weighted by molar-refractivity contribution is 5.56. The Balaban J connectivity index is 2.36. The Hall–Kier alpha value is -1.84. The number of hydrogen-bond donors (Lipinski definition) is 1. The Morgan fingerprint density at radius 1 is 1.35 bits per heavy atom. The van der Waals surface area contributed by atoms with Crippen LogP contribution in [0, 0.1) is 0 Å². The molecule has 90 valence electrons. The number of aromatic hydroxyl groups is 1. The molecule has 0 aliphatic heterocycles. The van der Waals surface area contributed by atoms with Gasteiger partial charge < -0.3 is 9.63 Å². The number of aromatic nitrogens is 2. The fourth-order valence-electron chi connectivity index (χ4n) is 1.41. The quantitative estimate of drug-likeness (QED) is 0.883. The van der Waals surface area contributed by atoms with Crippen LogP contribution in [0.3, 0.4) is 0 Å². The van der Waals surface area contributed by atoms with Crippen LogP contribution >= 0.6 is 0 Å². The van der Waals surface area contributed by atoms with E-state index in [0.29, 0.717) is 11.7 Å². The van der Waals surface area contributed by atoms with Gasteiger partial charge in [0.05, 0.1) is 0 Å². The van der Waals surface area contributed by atoms with Crippen molar-refractivity contribution in [1.82, 2.24) is 10.1 Å². The second kappa shape index (κ2) is 4.20. The largest absolute Gasteiger partial charge is 0.508 e. The van der Waals surface area contributed by atoms with Crippen LogP contribution < -0.4 is 0 Å². The summed E-state index contributed by atoms with van der Waals surface area (Å²) in [7, 11) is 0. The van der Waals surface area contributed by atoms with Crippen LogP contribution in [0.1, 0.15) is 33.1 Å². The van der Waals surface area contributed by atoms with Crippen LogP contribution in [-0.2, 0) is 5.41 Å². The van der Waals surface area contributed by atoms with Crippen LogP contribution in [-0.4, -0.2) is 15.2 Å². The number of nitrogens with zero attached hydrogens (tertiary/aromatic N) is 2. The standard InChI is InChI=1S/C13H16N2O2/c1-4-13(2,3)12-14-11(15-17-12)9-6-5-7-10(16)8-9/h5-8,16H,4H2,1-3H3. The molecular formula is C13H16N2O2. The first-order valence-electron chi connectivity index (χ1n) is 5.66. The Kier molecular flexibility index (Phi) is 2.88. The Labute approximate surface area is 100 Å².